The van der Waals surface area contributed by atoms with Crippen LogP contribution in [-0.2, 0) is 6.54 Å². The molecule has 1 aliphatic rings. The number of aryl methyl sites for hydroxylation is 1. The number of rotatable bonds is 2. The van der Waals surface area contributed by atoms with Crippen molar-refractivity contribution in [1.82, 2.24) is 15.4 Å². The highest BCUT2D eigenvalue weighted by molar-refractivity contribution is 5.06. The molecule has 5 heteroatoms. The Morgan fingerprint density at radius 1 is 1.80 bits per heavy atom. The van der Waals surface area contributed by atoms with E-state index in [1.54, 1.807) is 0 Å². The predicted octanol–water partition coefficient (Wildman–Crippen LogP) is 0.280. The molecular formula is C10H14N4O. The number of nitriles is 1. The molecule has 0 bridgehead atoms. The number of piperazine rings is 1. The molecule has 0 radical (unpaired) electrons. The Morgan fingerprint density at radius 2 is 2.67 bits per heavy atom. The van der Waals surface area contributed by atoms with Crippen LogP contribution in [0.5, 0.6) is 0 Å². The Balaban J connectivity index is 2.01. The van der Waals surface area contributed by atoms with Crippen LogP contribution in [0.25, 0.3) is 0 Å². The van der Waals surface area contributed by atoms with Gasteiger partial charge in [0.2, 0.25) is 0 Å². The molecule has 1 atom stereocenters. The number of nitrogens with zero attached hydrogens (tertiary/aromatic N) is 3. The molecule has 15 heavy (non-hydrogen) atoms. The molecule has 1 aliphatic heterocycles. The normalized spacial score (nSPS) is 22.5. The molecule has 80 valence electrons. The van der Waals surface area contributed by atoms with E-state index in [-0.39, 0.29) is 6.04 Å². The van der Waals surface area contributed by atoms with Crippen LogP contribution in [0.3, 0.4) is 0 Å². The minimum Gasteiger partial charge on any atom is -0.361 e. The van der Waals surface area contributed by atoms with E-state index in [1.807, 2.05) is 13.0 Å². The van der Waals surface area contributed by atoms with Crippen molar-refractivity contribution >= 4 is 0 Å². The van der Waals surface area contributed by atoms with Crippen LogP contribution in [0.15, 0.2) is 10.6 Å². The van der Waals surface area contributed by atoms with Gasteiger partial charge in [-0.05, 0) is 6.92 Å². The van der Waals surface area contributed by atoms with Crippen LogP contribution in [0.2, 0.25) is 0 Å². The van der Waals surface area contributed by atoms with Crippen LogP contribution in [0.4, 0.5) is 0 Å². The molecular weight excluding hydrogens is 192 g/mol. The zero-order chi connectivity index (χ0) is 10.7. The summed E-state index contributed by atoms with van der Waals surface area (Å²) in [5.74, 6) is 0.814. The molecule has 1 saturated heterocycles. The number of nitrogens with one attached hydrogen (secondary N) is 1. The summed E-state index contributed by atoms with van der Waals surface area (Å²) in [4.78, 5) is 2.12. The molecule has 1 aromatic heterocycles. The fourth-order valence-corrected chi connectivity index (χ4v) is 1.76. The highest BCUT2D eigenvalue weighted by atomic mass is 16.5. The van der Waals surface area contributed by atoms with E-state index in [4.69, 9.17) is 9.78 Å². The highest BCUT2D eigenvalue weighted by Gasteiger charge is 2.22. The number of hydrogen-bond acceptors (Lipinski definition) is 5. The summed E-state index contributed by atoms with van der Waals surface area (Å²) in [6.07, 6.45) is 0. The van der Waals surface area contributed by atoms with E-state index >= 15 is 0 Å². The van der Waals surface area contributed by atoms with Crippen LogP contribution in [0.1, 0.15) is 11.5 Å². The Labute approximate surface area is 88.6 Å². The maximum absolute atomic E-state index is 8.97. The lowest BCUT2D eigenvalue weighted by Gasteiger charge is -2.30. The van der Waals surface area contributed by atoms with Crippen molar-refractivity contribution in [1.29, 1.82) is 5.26 Å². The van der Waals surface area contributed by atoms with Crippen molar-refractivity contribution in [3.8, 4) is 6.07 Å². The summed E-state index contributed by atoms with van der Waals surface area (Å²) in [5, 5.41) is 16.1. The van der Waals surface area contributed by atoms with Gasteiger partial charge in [0.15, 0.2) is 0 Å². The van der Waals surface area contributed by atoms with Crippen molar-refractivity contribution < 1.29 is 4.52 Å². The van der Waals surface area contributed by atoms with E-state index in [1.165, 1.54) is 0 Å². The zero-order valence-electron chi connectivity index (χ0n) is 8.73. The Bertz CT molecular complexity index is 368. The first-order valence-corrected chi connectivity index (χ1v) is 5.06. The van der Waals surface area contributed by atoms with E-state index in [2.05, 4.69) is 21.4 Å². The minimum atomic E-state index is -0.0595. The van der Waals surface area contributed by atoms with Gasteiger partial charge in [0.25, 0.3) is 0 Å². The van der Waals surface area contributed by atoms with Gasteiger partial charge in [0.1, 0.15) is 11.8 Å². The van der Waals surface area contributed by atoms with Gasteiger partial charge in [-0.1, -0.05) is 5.16 Å². The molecule has 0 spiro atoms. The highest BCUT2D eigenvalue weighted by Crippen LogP contribution is 2.09. The SMILES string of the molecule is Cc1cc(CN2CCNCC2C#N)no1. The monoisotopic (exact) mass is 206 g/mol. The topological polar surface area (TPSA) is 65.1 Å². The summed E-state index contributed by atoms with van der Waals surface area (Å²) < 4.78 is 5.00. The second kappa shape index (κ2) is 4.43. The van der Waals surface area contributed by atoms with Crippen molar-refractivity contribution in [2.45, 2.75) is 19.5 Å². The number of hydrogen-bond donors (Lipinski definition) is 1. The average Bonchev–Trinajstić information content (AvgIpc) is 2.65. The first kappa shape index (κ1) is 10.1. The lowest BCUT2D eigenvalue weighted by Crippen LogP contribution is -2.50. The minimum absolute atomic E-state index is 0.0595. The van der Waals surface area contributed by atoms with Crippen molar-refractivity contribution in [2.75, 3.05) is 19.6 Å². The van der Waals surface area contributed by atoms with Gasteiger partial charge >= 0.3 is 0 Å². The van der Waals surface area contributed by atoms with Gasteiger partial charge in [0.05, 0.1) is 11.8 Å². The van der Waals surface area contributed by atoms with Crippen LogP contribution in [-0.4, -0.2) is 35.7 Å². The standard InChI is InChI=1S/C10H14N4O/c1-8-4-9(13-15-8)7-14-3-2-12-6-10(14)5-11/h4,10,12H,2-3,6-7H2,1H3. The molecule has 5 nitrogen and oxygen atoms in total. The molecule has 1 unspecified atom stereocenters. The molecule has 1 N–H and O–H groups in total. The second-order valence-corrected chi connectivity index (χ2v) is 3.75. The first-order chi connectivity index (χ1) is 7.29. The van der Waals surface area contributed by atoms with Gasteiger partial charge in [-0.2, -0.15) is 5.26 Å². The Morgan fingerprint density at radius 3 is 3.33 bits per heavy atom. The van der Waals surface area contributed by atoms with Gasteiger partial charge in [-0.25, -0.2) is 0 Å². The van der Waals surface area contributed by atoms with Gasteiger partial charge in [-0.3, -0.25) is 4.90 Å². The summed E-state index contributed by atoms with van der Waals surface area (Å²) in [5.41, 5.74) is 0.898. The smallest absolute Gasteiger partial charge is 0.133 e. The summed E-state index contributed by atoms with van der Waals surface area (Å²) in [6.45, 7) is 5.10. The predicted molar refractivity (Wildman–Crippen MR) is 53.9 cm³/mol. The Kier molecular flexibility index (Phi) is 2.99. The third-order valence-corrected chi connectivity index (χ3v) is 2.55. The van der Waals surface area contributed by atoms with Crippen molar-refractivity contribution in [3.05, 3.63) is 17.5 Å². The van der Waals surface area contributed by atoms with E-state index < -0.39 is 0 Å². The van der Waals surface area contributed by atoms with E-state index in [0.717, 1.165) is 31.1 Å². The first-order valence-electron chi connectivity index (χ1n) is 5.06. The molecule has 0 saturated carbocycles. The lowest BCUT2D eigenvalue weighted by molar-refractivity contribution is 0.184. The third kappa shape index (κ3) is 2.35. The van der Waals surface area contributed by atoms with Crippen LogP contribution < -0.4 is 5.32 Å². The molecule has 1 aromatic rings. The fourth-order valence-electron chi connectivity index (χ4n) is 1.76. The summed E-state index contributed by atoms with van der Waals surface area (Å²) in [6, 6.07) is 4.14. The fraction of sp³-hybridized carbons (Fsp3) is 0.600. The van der Waals surface area contributed by atoms with Crippen molar-refractivity contribution in [3.63, 3.8) is 0 Å². The average molecular weight is 206 g/mol. The van der Waals surface area contributed by atoms with Crippen molar-refractivity contribution in [2.24, 2.45) is 0 Å². The van der Waals surface area contributed by atoms with Gasteiger partial charge < -0.3 is 9.84 Å². The van der Waals surface area contributed by atoms with E-state index in [9.17, 15) is 0 Å². The summed E-state index contributed by atoms with van der Waals surface area (Å²) >= 11 is 0. The van der Waals surface area contributed by atoms with E-state index in [0.29, 0.717) is 6.54 Å². The molecule has 0 aromatic carbocycles. The molecule has 2 heterocycles. The van der Waals surface area contributed by atoms with Gasteiger partial charge in [-0.15, -0.1) is 0 Å². The third-order valence-electron chi connectivity index (χ3n) is 2.55. The molecule has 0 amide bonds. The quantitative estimate of drug-likeness (QED) is 0.753. The van der Waals surface area contributed by atoms with Crippen LogP contribution in [0, 0.1) is 18.3 Å². The second-order valence-electron chi connectivity index (χ2n) is 3.75. The molecule has 0 aliphatic carbocycles. The molecule has 1 fully saturated rings. The largest absolute Gasteiger partial charge is 0.361 e. The maximum atomic E-state index is 8.97. The molecule has 2 rings (SSSR count). The Hall–Kier alpha value is -1.38. The lowest BCUT2D eigenvalue weighted by atomic mass is 10.2. The van der Waals surface area contributed by atoms with Gasteiger partial charge in [0, 0.05) is 32.2 Å². The van der Waals surface area contributed by atoms with Crippen LogP contribution >= 0.6 is 0 Å². The maximum Gasteiger partial charge on any atom is 0.133 e. The summed E-state index contributed by atoms with van der Waals surface area (Å²) in [7, 11) is 0. The number of aromatic nitrogens is 1. The zero-order valence-corrected chi connectivity index (χ0v) is 8.73.